The first kappa shape index (κ1) is 16.0. The molecular weight excluding hydrogens is 262 g/mol. The second-order valence-corrected chi connectivity index (χ2v) is 6.27. The van der Waals surface area contributed by atoms with Crippen LogP contribution in [0.25, 0.3) is 0 Å². The van der Waals surface area contributed by atoms with Gasteiger partial charge >= 0.3 is 0 Å². The molecule has 0 N–H and O–H groups in total. The molecular formula is C14H23NO3S. The smallest absolute Gasteiger partial charge is 0.232 e. The van der Waals surface area contributed by atoms with Crippen LogP contribution in [0.2, 0.25) is 0 Å². The zero-order valence-electron chi connectivity index (χ0n) is 12.1. The lowest BCUT2D eigenvalue weighted by Crippen LogP contribution is -2.30. The third-order valence-electron chi connectivity index (χ3n) is 3.10. The Morgan fingerprint density at radius 2 is 2.11 bits per heavy atom. The SMILES string of the molecule is CC=C(C1=CCOCC1)C(=CC)N(CC)S(C)(=O)=O. The Hall–Kier alpha value is -1.07. The molecule has 0 aromatic carbocycles. The van der Waals surface area contributed by atoms with Gasteiger partial charge in [-0.1, -0.05) is 18.2 Å². The molecule has 0 saturated carbocycles. The zero-order valence-corrected chi connectivity index (χ0v) is 13.0. The van der Waals surface area contributed by atoms with Gasteiger partial charge in [-0.05, 0) is 38.3 Å². The number of hydrogen-bond donors (Lipinski definition) is 0. The summed E-state index contributed by atoms with van der Waals surface area (Å²) in [6, 6.07) is 0. The van der Waals surface area contributed by atoms with Gasteiger partial charge in [-0.25, -0.2) is 8.42 Å². The number of hydrogen-bond acceptors (Lipinski definition) is 3. The maximum Gasteiger partial charge on any atom is 0.232 e. The Morgan fingerprint density at radius 1 is 1.42 bits per heavy atom. The van der Waals surface area contributed by atoms with Gasteiger partial charge in [0.15, 0.2) is 0 Å². The van der Waals surface area contributed by atoms with E-state index in [9.17, 15) is 8.42 Å². The average molecular weight is 285 g/mol. The first-order chi connectivity index (χ1) is 8.95. The molecule has 0 spiro atoms. The number of ether oxygens (including phenoxy) is 1. The minimum atomic E-state index is -3.25. The summed E-state index contributed by atoms with van der Waals surface area (Å²) in [5, 5.41) is 0. The highest BCUT2D eigenvalue weighted by atomic mass is 32.2. The quantitative estimate of drug-likeness (QED) is 0.729. The Balaban J connectivity index is 3.17. The van der Waals surface area contributed by atoms with E-state index in [0.717, 1.165) is 23.3 Å². The molecule has 1 aliphatic rings. The molecule has 0 aromatic rings. The van der Waals surface area contributed by atoms with Crippen molar-refractivity contribution in [3.05, 3.63) is 35.1 Å². The zero-order chi connectivity index (χ0) is 14.5. The third kappa shape index (κ3) is 3.94. The molecule has 0 atom stereocenters. The number of rotatable bonds is 5. The molecule has 0 radical (unpaired) electrons. The van der Waals surface area contributed by atoms with Crippen molar-refractivity contribution in [3.8, 4) is 0 Å². The molecule has 1 heterocycles. The van der Waals surface area contributed by atoms with Crippen LogP contribution >= 0.6 is 0 Å². The molecule has 1 aliphatic heterocycles. The Labute approximate surface area is 116 Å². The third-order valence-corrected chi connectivity index (χ3v) is 4.36. The number of allylic oxidation sites excluding steroid dienone is 3. The predicted octanol–water partition coefficient (Wildman–Crippen LogP) is 2.46. The van der Waals surface area contributed by atoms with E-state index in [1.807, 2.05) is 39.0 Å². The normalized spacial score (nSPS) is 18.2. The monoisotopic (exact) mass is 285 g/mol. The summed E-state index contributed by atoms with van der Waals surface area (Å²) < 4.78 is 30.5. The molecule has 0 aromatic heterocycles. The number of likely N-dealkylation sites (N-methyl/N-ethyl adjacent to an activating group) is 1. The highest BCUT2D eigenvalue weighted by Gasteiger charge is 2.22. The van der Waals surface area contributed by atoms with Crippen molar-refractivity contribution in [1.82, 2.24) is 4.31 Å². The molecule has 0 amide bonds. The summed E-state index contributed by atoms with van der Waals surface area (Å²) >= 11 is 0. The Morgan fingerprint density at radius 3 is 2.47 bits per heavy atom. The van der Waals surface area contributed by atoms with Gasteiger partial charge in [-0.2, -0.15) is 0 Å². The highest BCUT2D eigenvalue weighted by Crippen LogP contribution is 2.28. The van der Waals surface area contributed by atoms with Crippen molar-refractivity contribution in [2.24, 2.45) is 0 Å². The number of nitrogens with zero attached hydrogens (tertiary/aromatic N) is 1. The molecule has 0 aliphatic carbocycles. The minimum Gasteiger partial charge on any atom is -0.377 e. The van der Waals surface area contributed by atoms with E-state index >= 15 is 0 Å². The van der Waals surface area contributed by atoms with E-state index in [2.05, 4.69) is 0 Å². The van der Waals surface area contributed by atoms with Crippen molar-refractivity contribution >= 4 is 10.0 Å². The predicted molar refractivity (Wildman–Crippen MR) is 78.3 cm³/mol. The van der Waals surface area contributed by atoms with Crippen molar-refractivity contribution in [2.75, 3.05) is 26.0 Å². The van der Waals surface area contributed by atoms with Crippen LogP contribution in [0.1, 0.15) is 27.2 Å². The van der Waals surface area contributed by atoms with Crippen LogP contribution in [0.3, 0.4) is 0 Å². The average Bonchev–Trinajstić information content (AvgIpc) is 2.38. The Bertz CT molecular complexity index is 501. The summed E-state index contributed by atoms with van der Waals surface area (Å²) in [7, 11) is -3.25. The molecule has 0 fully saturated rings. The maximum atomic E-state index is 11.9. The van der Waals surface area contributed by atoms with Crippen LogP contribution in [0.5, 0.6) is 0 Å². The van der Waals surface area contributed by atoms with E-state index < -0.39 is 10.0 Å². The first-order valence-electron chi connectivity index (χ1n) is 6.53. The van der Waals surface area contributed by atoms with E-state index in [0.29, 0.717) is 19.8 Å². The largest absolute Gasteiger partial charge is 0.377 e. The molecule has 108 valence electrons. The molecule has 5 heteroatoms. The second kappa shape index (κ2) is 6.91. The number of sulfonamides is 1. The molecule has 1 rings (SSSR count). The van der Waals surface area contributed by atoms with Gasteiger partial charge in [0.1, 0.15) is 0 Å². The van der Waals surface area contributed by atoms with Crippen molar-refractivity contribution < 1.29 is 13.2 Å². The van der Waals surface area contributed by atoms with Crippen LogP contribution in [0, 0.1) is 0 Å². The van der Waals surface area contributed by atoms with Crippen LogP contribution in [0.4, 0.5) is 0 Å². The summed E-state index contributed by atoms with van der Waals surface area (Å²) in [5.41, 5.74) is 2.89. The molecule has 4 nitrogen and oxygen atoms in total. The lowest BCUT2D eigenvalue weighted by molar-refractivity contribution is 0.155. The van der Waals surface area contributed by atoms with Crippen LogP contribution < -0.4 is 0 Å². The molecule has 0 unspecified atom stereocenters. The van der Waals surface area contributed by atoms with Crippen LogP contribution in [-0.4, -0.2) is 38.7 Å². The van der Waals surface area contributed by atoms with Crippen molar-refractivity contribution in [3.63, 3.8) is 0 Å². The van der Waals surface area contributed by atoms with E-state index in [1.165, 1.54) is 10.6 Å². The van der Waals surface area contributed by atoms with Gasteiger partial charge in [0.25, 0.3) is 0 Å². The molecule has 0 bridgehead atoms. The van der Waals surface area contributed by atoms with E-state index in [4.69, 9.17) is 4.74 Å². The van der Waals surface area contributed by atoms with Gasteiger partial charge in [-0.3, -0.25) is 4.31 Å². The summed E-state index contributed by atoms with van der Waals surface area (Å²) in [4.78, 5) is 0. The maximum absolute atomic E-state index is 11.9. The topological polar surface area (TPSA) is 46.6 Å². The van der Waals surface area contributed by atoms with Gasteiger partial charge < -0.3 is 4.74 Å². The van der Waals surface area contributed by atoms with Crippen molar-refractivity contribution in [2.45, 2.75) is 27.2 Å². The highest BCUT2D eigenvalue weighted by molar-refractivity contribution is 7.88. The second-order valence-electron chi connectivity index (χ2n) is 4.36. The van der Waals surface area contributed by atoms with Crippen LogP contribution in [-0.2, 0) is 14.8 Å². The fourth-order valence-electron chi connectivity index (χ4n) is 2.29. The minimum absolute atomic E-state index is 0.430. The fourth-order valence-corrected chi connectivity index (χ4v) is 3.32. The van der Waals surface area contributed by atoms with Gasteiger partial charge in [0.05, 0.1) is 25.2 Å². The summed E-state index contributed by atoms with van der Waals surface area (Å²) in [6.07, 6.45) is 7.92. The Kier molecular flexibility index (Phi) is 5.82. The molecule has 19 heavy (non-hydrogen) atoms. The molecule has 0 saturated heterocycles. The van der Waals surface area contributed by atoms with E-state index in [-0.39, 0.29) is 0 Å². The fraction of sp³-hybridized carbons (Fsp3) is 0.571. The first-order valence-corrected chi connectivity index (χ1v) is 8.38. The summed E-state index contributed by atoms with van der Waals surface area (Å²) in [6.45, 7) is 7.35. The van der Waals surface area contributed by atoms with Crippen molar-refractivity contribution in [1.29, 1.82) is 0 Å². The van der Waals surface area contributed by atoms with Gasteiger partial charge in [-0.15, -0.1) is 0 Å². The van der Waals surface area contributed by atoms with Crippen LogP contribution in [0.15, 0.2) is 35.1 Å². The lowest BCUT2D eigenvalue weighted by Gasteiger charge is -2.27. The van der Waals surface area contributed by atoms with Gasteiger partial charge in [0, 0.05) is 6.54 Å². The summed E-state index contributed by atoms with van der Waals surface area (Å²) in [5.74, 6) is 0. The van der Waals surface area contributed by atoms with E-state index in [1.54, 1.807) is 0 Å². The van der Waals surface area contributed by atoms with Gasteiger partial charge in [0.2, 0.25) is 10.0 Å². The standard InChI is InChI=1S/C14H23NO3S/c1-5-13(12-8-10-18-11-9-12)14(6-2)15(7-3)19(4,16)17/h5-6,8H,7,9-11H2,1-4H3. The lowest BCUT2D eigenvalue weighted by atomic mass is 9.98.